The van der Waals surface area contributed by atoms with Crippen molar-refractivity contribution in [3.05, 3.63) is 35.4 Å². The Kier molecular flexibility index (Phi) is 11.4. The first-order valence-corrected chi connectivity index (χ1v) is 10.9. The molecule has 0 aromatic heterocycles. The molecule has 0 bridgehead atoms. The first-order chi connectivity index (χ1) is 14.2. The van der Waals surface area contributed by atoms with Crippen molar-refractivity contribution in [2.24, 2.45) is 10.4 Å². The number of methoxy groups -OCH3 is 1. The number of rotatable bonds is 10. The third-order valence-electron chi connectivity index (χ3n) is 6.24. The van der Waals surface area contributed by atoms with Crippen molar-refractivity contribution in [2.75, 3.05) is 40.5 Å². The molecule has 2 aliphatic rings. The van der Waals surface area contributed by atoms with Crippen LogP contribution in [0.3, 0.4) is 0 Å². The second-order valence-electron chi connectivity index (χ2n) is 8.31. The van der Waals surface area contributed by atoms with Crippen LogP contribution in [0.25, 0.3) is 0 Å². The average molecular weight is 531 g/mol. The number of nitrogens with zero attached hydrogens (tertiary/aromatic N) is 1. The molecular formula is C23H38IN3O3. The number of halogens is 1. The standard InChI is InChI=1S/C23H37N3O3.HI/c1-24-22(26-18-23(10-3-11-23)12-15-27-2)25-16-19-4-6-20(7-5-19)17-29-21-8-13-28-14-9-21;/h4-7,21H,3,8-18H2,1-2H3,(H2,24,25,26);1H. The number of benzene rings is 1. The molecule has 0 atom stereocenters. The maximum atomic E-state index is 6.00. The van der Waals surface area contributed by atoms with Gasteiger partial charge in [0.05, 0.1) is 12.7 Å². The van der Waals surface area contributed by atoms with Gasteiger partial charge in [-0.2, -0.15) is 0 Å². The van der Waals surface area contributed by atoms with Crippen molar-refractivity contribution in [2.45, 2.75) is 57.8 Å². The smallest absolute Gasteiger partial charge is 0.191 e. The minimum absolute atomic E-state index is 0. The topological polar surface area (TPSA) is 64.1 Å². The Morgan fingerprint density at radius 1 is 1.13 bits per heavy atom. The molecule has 1 saturated carbocycles. The molecule has 1 aliphatic carbocycles. The first kappa shape index (κ1) is 25.4. The van der Waals surface area contributed by atoms with Gasteiger partial charge in [-0.25, -0.2) is 0 Å². The van der Waals surface area contributed by atoms with E-state index in [1.165, 1.54) is 30.4 Å². The summed E-state index contributed by atoms with van der Waals surface area (Å²) in [5, 5.41) is 6.94. The Bertz CT molecular complexity index is 629. The summed E-state index contributed by atoms with van der Waals surface area (Å²) in [6.07, 6.45) is 7.33. The summed E-state index contributed by atoms with van der Waals surface area (Å²) in [6, 6.07) is 8.63. The Hall–Kier alpha value is -0.900. The van der Waals surface area contributed by atoms with Crippen LogP contribution < -0.4 is 10.6 Å². The van der Waals surface area contributed by atoms with Crippen LogP contribution in [0.2, 0.25) is 0 Å². The van der Waals surface area contributed by atoms with Gasteiger partial charge in [0.25, 0.3) is 0 Å². The van der Waals surface area contributed by atoms with Gasteiger partial charge in [0, 0.05) is 47.1 Å². The molecule has 0 radical (unpaired) electrons. The van der Waals surface area contributed by atoms with Crippen molar-refractivity contribution in [3.8, 4) is 0 Å². The van der Waals surface area contributed by atoms with Crippen LogP contribution in [-0.2, 0) is 27.4 Å². The van der Waals surface area contributed by atoms with Crippen LogP contribution in [0.1, 0.15) is 49.7 Å². The van der Waals surface area contributed by atoms with Crippen LogP contribution in [0.15, 0.2) is 29.3 Å². The van der Waals surface area contributed by atoms with Crippen molar-refractivity contribution in [1.29, 1.82) is 0 Å². The third kappa shape index (κ3) is 7.98. The number of guanidine groups is 1. The fourth-order valence-corrected chi connectivity index (χ4v) is 4.00. The molecule has 1 aliphatic heterocycles. The van der Waals surface area contributed by atoms with Gasteiger partial charge in [0.15, 0.2) is 5.96 Å². The lowest BCUT2D eigenvalue weighted by Gasteiger charge is -2.42. The van der Waals surface area contributed by atoms with Crippen LogP contribution in [0, 0.1) is 5.41 Å². The maximum Gasteiger partial charge on any atom is 0.191 e. The Morgan fingerprint density at radius 3 is 2.43 bits per heavy atom. The Balaban J connectivity index is 0.00000320. The summed E-state index contributed by atoms with van der Waals surface area (Å²) in [6.45, 7) is 4.85. The van der Waals surface area contributed by atoms with Gasteiger partial charge in [0.2, 0.25) is 0 Å². The SMILES string of the molecule is CN=C(NCc1ccc(COC2CCOCC2)cc1)NCC1(CCOC)CCC1.I. The summed E-state index contributed by atoms with van der Waals surface area (Å²) < 4.78 is 16.7. The molecule has 6 nitrogen and oxygen atoms in total. The molecule has 3 rings (SSSR count). The van der Waals surface area contributed by atoms with Gasteiger partial charge in [-0.05, 0) is 48.6 Å². The predicted octanol–water partition coefficient (Wildman–Crippen LogP) is 3.87. The van der Waals surface area contributed by atoms with E-state index in [2.05, 4.69) is 39.9 Å². The van der Waals surface area contributed by atoms with Crippen LogP contribution in [0.5, 0.6) is 0 Å². The minimum Gasteiger partial charge on any atom is -0.385 e. The second kappa shape index (κ2) is 13.5. The molecule has 2 N–H and O–H groups in total. The number of nitrogens with one attached hydrogen (secondary N) is 2. The number of ether oxygens (including phenoxy) is 3. The molecule has 7 heteroatoms. The van der Waals surface area contributed by atoms with E-state index < -0.39 is 0 Å². The van der Waals surface area contributed by atoms with Crippen molar-refractivity contribution < 1.29 is 14.2 Å². The molecule has 0 spiro atoms. The molecule has 2 fully saturated rings. The summed E-state index contributed by atoms with van der Waals surface area (Å²) in [5.74, 6) is 0.862. The number of hydrogen-bond acceptors (Lipinski definition) is 4. The van der Waals surface area contributed by atoms with E-state index in [1.807, 2.05) is 7.05 Å². The molecule has 0 unspecified atom stereocenters. The third-order valence-corrected chi connectivity index (χ3v) is 6.24. The minimum atomic E-state index is 0. The highest BCUT2D eigenvalue weighted by Gasteiger charge is 2.36. The van der Waals surface area contributed by atoms with Crippen molar-refractivity contribution in [1.82, 2.24) is 10.6 Å². The van der Waals surface area contributed by atoms with Crippen LogP contribution >= 0.6 is 24.0 Å². The number of hydrogen-bond donors (Lipinski definition) is 2. The van der Waals surface area contributed by atoms with E-state index in [0.29, 0.717) is 18.1 Å². The average Bonchev–Trinajstić information content (AvgIpc) is 2.74. The van der Waals surface area contributed by atoms with Gasteiger partial charge >= 0.3 is 0 Å². The fourth-order valence-electron chi connectivity index (χ4n) is 4.00. The quantitative estimate of drug-likeness (QED) is 0.273. The number of aliphatic imine (C=N–C) groups is 1. The van der Waals surface area contributed by atoms with Crippen LogP contribution in [-0.4, -0.2) is 52.6 Å². The van der Waals surface area contributed by atoms with E-state index in [-0.39, 0.29) is 24.0 Å². The van der Waals surface area contributed by atoms with E-state index in [9.17, 15) is 0 Å². The highest BCUT2D eigenvalue weighted by Crippen LogP contribution is 2.43. The van der Waals surface area contributed by atoms with Crippen molar-refractivity contribution in [3.63, 3.8) is 0 Å². The molecule has 1 heterocycles. The van der Waals surface area contributed by atoms with Crippen molar-refractivity contribution >= 4 is 29.9 Å². The first-order valence-electron chi connectivity index (χ1n) is 10.9. The fraction of sp³-hybridized carbons (Fsp3) is 0.696. The molecule has 1 saturated heterocycles. The van der Waals surface area contributed by atoms with E-state index in [4.69, 9.17) is 14.2 Å². The molecule has 30 heavy (non-hydrogen) atoms. The predicted molar refractivity (Wildman–Crippen MR) is 131 cm³/mol. The lowest BCUT2D eigenvalue weighted by molar-refractivity contribution is -0.0390. The molecule has 0 amide bonds. The zero-order valence-electron chi connectivity index (χ0n) is 18.5. The van der Waals surface area contributed by atoms with Gasteiger partial charge in [-0.1, -0.05) is 30.7 Å². The van der Waals surface area contributed by atoms with Gasteiger partial charge in [0.1, 0.15) is 0 Å². The summed E-state index contributed by atoms with van der Waals surface area (Å²) in [5.41, 5.74) is 2.83. The van der Waals surface area contributed by atoms with E-state index in [0.717, 1.165) is 58.1 Å². The molecule has 1 aromatic rings. The summed E-state index contributed by atoms with van der Waals surface area (Å²) in [4.78, 5) is 4.38. The zero-order chi connectivity index (χ0) is 20.4. The highest BCUT2D eigenvalue weighted by atomic mass is 127. The lowest BCUT2D eigenvalue weighted by atomic mass is 9.67. The maximum absolute atomic E-state index is 6.00. The molecule has 170 valence electrons. The Labute approximate surface area is 198 Å². The van der Waals surface area contributed by atoms with E-state index >= 15 is 0 Å². The molecular weight excluding hydrogens is 493 g/mol. The van der Waals surface area contributed by atoms with Gasteiger partial charge < -0.3 is 24.8 Å². The normalized spacial score (nSPS) is 18.9. The van der Waals surface area contributed by atoms with Gasteiger partial charge in [-0.15, -0.1) is 24.0 Å². The van der Waals surface area contributed by atoms with E-state index in [1.54, 1.807) is 7.11 Å². The largest absolute Gasteiger partial charge is 0.385 e. The lowest BCUT2D eigenvalue weighted by Crippen LogP contribution is -2.46. The highest BCUT2D eigenvalue weighted by molar-refractivity contribution is 14.0. The van der Waals surface area contributed by atoms with Gasteiger partial charge in [-0.3, -0.25) is 4.99 Å². The monoisotopic (exact) mass is 531 g/mol. The summed E-state index contributed by atoms with van der Waals surface area (Å²) in [7, 11) is 3.61. The Morgan fingerprint density at radius 2 is 1.83 bits per heavy atom. The zero-order valence-corrected chi connectivity index (χ0v) is 20.8. The van der Waals surface area contributed by atoms with Crippen LogP contribution in [0.4, 0.5) is 0 Å². The summed E-state index contributed by atoms with van der Waals surface area (Å²) >= 11 is 0. The second-order valence-corrected chi connectivity index (χ2v) is 8.31. The molecule has 1 aromatic carbocycles.